The van der Waals surface area contributed by atoms with Crippen molar-refractivity contribution >= 4 is 27.5 Å². The minimum atomic E-state index is -1.00. The fourth-order valence-corrected chi connectivity index (χ4v) is 4.22. The predicted molar refractivity (Wildman–Crippen MR) is 99.6 cm³/mol. The Morgan fingerprint density at radius 1 is 1.24 bits per heavy atom. The standard InChI is InChI=1S/C20H18BrNO3/c1-13-10-15(12-24-14-6-3-2-4-7-14)25-20(11-13)18-16(21)8-5-9-17(18)22-19(20)23/h2-10,15H,11-12H2,1H3,(H,22,23)/t15-,20+/m1/s1. The van der Waals surface area contributed by atoms with Crippen molar-refractivity contribution in [3.8, 4) is 5.75 Å². The molecule has 1 N–H and O–H groups in total. The molecule has 2 aliphatic heterocycles. The van der Waals surface area contributed by atoms with Crippen molar-refractivity contribution in [3.63, 3.8) is 0 Å². The molecule has 2 aliphatic rings. The average molecular weight is 400 g/mol. The van der Waals surface area contributed by atoms with E-state index < -0.39 is 5.60 Å². The van der Waals surface area contributed by atoms with Gasteiger partial charge in [0.1, 0.15) is 18.5 Å². The van der Waals surface area contributed by atoms with Crippen LogP contribution in [-0.4, -0.2) is 18.6 Å². The lowest BCUT2D eigenvalue weighted by atomic mass is 9.85. The van der Waals surface area contributed by atoms with Gasteiger partial charge in [0, 0.05) is 22.1 Å². The molecule has 5 heteroatoms. The lowest BCUT2D eigenvalue weighted by Gasteiger charge is -2.36. The molecule has 2 heterocycles. The van der Waals surface area contributed by atoms with E-state index in [2.05, 4.69) is 21.2 Å². The summed E-state index contributed by atoms with van der Waals surface area (Å²) >= 11 is 3.58. The van der Waals surface area contributed by atoms with Crippen molar-refractivity contribution in [2.75, 3.05) is 11.9 Å². The number of hydrogen-bond acceptors (Lipinski definition) is 3. The molecule has 0 unspecified atom stereocenters. The number of halogens is 1. The molecule has 0 aliphatic carbocycles. The van der Waals surface area contributed by atoms with Crippen molar-refractivity contribution in [2.45, 2.75) is 25.0 Å². The van der Waals surface area contributed by atoms with Gasteiger partial charge in [-0.25, -0.2) is 0 Å². The largest absolute Gasteiger partial charge is 0.491 e. The van der Waals surface area contributed by atoms with Gasteiger partial charge >= 0.3 is 0 Å². The summed E-state index contributed by atoms with van der Waals surface area (Å²) in [6, 6.07) is 15.4. The Bertz CT molecular complexity index is 849. The van der Waals surface area contributed by atoms with E-state index in [0.29, 0.717) is 13.0 Å². The maximum atomic E-state index is 12.8. The van der Waals surface area contributed by atoms with Crippen molar-refractivity contribution in [1.29, 1.82) is 0 Å². The van der Waals surface area contributed by atoms with E-state index in [1.807, 2.05) is 61.5 Å². The number of para-hydroxylation sites is 1. The summed E-state index contributed by atoms with van der Waals surface area (Å²) in [6.45, 7) is 2.39. The third-order valence-electron chi connectivity index (χ3n) is 4.54. The molecular formula is C20H18BrNO3. The quantitative estimate of drug-likeness (QED) is 0.777. The van der Waals surface area contributed by atoms with Gasteiger partial charge in [0.15, 0.2) is 5.60 Å². The van der Waals surface area contributed by atoms with E-state index in [0.717, 1.165) is 27.0 Å². The number of anilines is 1. The first-order valence-electron chi connectivity index (χ1n) is 8.22. The van der Waals surface area contributed by atoms with Gasteiger partial charge < -0.3 is 14.8 Å². The van der Waals surface area contributed by atoms with E-state index in [1.165, 1.54) is 0 Å². The first-order valence-corrected chi connectivity index (χ1v) is 9.01. The zero-order valence-corrected chi connectivity index (χ0v) is 15.4. The second-order valence-electron chi connectivity index (χ2n) is 6.41. The molecular weight excluding hydrogens is 382 g/mol. The van der Waals surface area contributed by atoms with Crippen LogP contribution >= 0.6 is 15.9 Å². The molecule has 0 bridgehead atoms. The molecule has 1 spiro atoms. The minimum absolute atomic E-state index is 0.119. The highest BCUT2D eigenvalue weighted by Crippen LogP contribution is 2.48. The molecule has 1 amide bonds. The van der Waals surface area contributed by atoms with E-state index in [9.17, 15) is 4.79 Å². The molecule has 25 heavy (non-hydrogen) atoms. The lowest BCUT2D eigenvalue weighted by Crippen LogP contribution is -2.44. The molecule has 128 valence electrons. The SMILES string of the molecule is CC1=C[C@H](COc2ccccc2)O[C@]2(C1)C(=O)Nc1cccc(Br)c12. The second-order valence-corrected chi connectivity index (χ2v) is 7.27. The lowest BCUT2D eigenvalue weighted by molar-refractivity contribution is -0.151. The number of ether oxygens (including phenoxy) is 2. The topological polar surface area (TPSA) is 47.6 Å². The third kappa shape index (κ3) is 2.87. The Labute approximate surface area is 155 Å². The van der Waals surface area contributed by atoms with E-state index in [1.54, 1.807) is 0 Å². The number of carbonyl (C=O) groups excluding carboxylic acids is 1. The predicted octanol–water partition coefficient (Wildman–Crippen LogP) is 4.41. The van der Waals surface area contributed by atoms with E-state index in [4.69, 9.17) is 9.47 Å². The Morgan fingerprint density at radius 2 is 2.04 bits per heavy atom. The van der Waals surface area contributed by atoms with Crippen LogP contribution in [0.1, 0.15) is 18.9 Å². The van der Waals surface area contributed by atoms with Crippen LogP contribution in [0, 0.1) is 0 Å². The molecule has 2 aromatic rings. The fourth-order valence-electron chi connectivity index (χ4n) is 3.54. The highest BCUT2D eigenvalue weighted by Gasteiger charge is 2.52. The second kappa shape index (κ2) is 6.32. The van der Waals surface area contributed by atoms with Gasteiger partial charge in [-0.3, -0.25) is 4.79 Å². The molecule has 0 fully saturated rings. The summed E-state index contributed by atoms with van der Waals surface area (Å²) < 4.78 is 13.0. The number of fused-ring (bicyclic) bond motifs is 2. The van der Waals surface area contributed by atoms with Crippen LogP contribution in [-0.2, 0) is 15.1 Å². The summed E-state index contributed by atoms with van der Waals surface area (Å²) in [6.07, 6.45) is 2.28. The van der Waals surface area contributed by atoms with E-state index in [-0.39, 0.29) is 12.0 Å². The van der Waals surface area contributed by atoms with Gasteiger partial charge in [-0.2, -0.15) is 0 Å². The molecule has 0 radical (unpaired) electrons. The van der Waals surface area contributed by atoms with Crippen LogP contribution in [0.15, 0.2) is 64.7 Å². The van der Waals surface area contributed by atoms with Crippen LogP contribution < -0.4 is 10.1 Å². The van der Waals surface area contributed by atoms with Crippen LogP contribution in [0.3, 0.4) is 0 Å². The molecule has 4 nitrogen and oxygen atoms in total. The summed E-state index contributed by atoms with van der Waals surface area (Å²) in [4.78, 5) is 12.8. The van der Waals surface area contributed by atoms with Crippen LogP contribution in [0.4, 0.5) is 5.69 Å². The summed E-state index contributed by atoms with van der Waals surface area (Å²) in [5, 5.41) is 2.95. The van der Waals surface area contributed by atoms with Gasteiger partial charge in [-0.15, -0.1) is 0 Å². The Hall–Kier alpha value is -2.11. The van der Waals surface area contributed by atoms with Crippen molar-refractivity contribution in [3.05, 3.63) is 70.2 Å². The number of rotatable bonds is 3. The van der Waals surface area contributed by atoms with Crippen molar-refractivity contribution in [1.82, 2.24) is 0 Å². The first kappa shape index (κ1) is 16.4. The number of benzene rings is 2. The smallest absolute Gasteiger partial charge is 0.261 e. The summed E-state index contributed by atoms with van der Waals surface area (Å²) in [5.74, 6) is 0.667. The Kier molecular flexibility index (Phi) is 4.13. The third-order valence-corrected chi connectivity index (χ3v) is 5.20. The number of amides is 1. The van der Waals surface area contributed by atoms with Crippen LogP contribution in [0.2, 0.25) is 0 Å². The minimum Gasteiger partial charge on any atom is -0.491 e. The Morgan fingerprint density at radius 3 is 2.84 bits per heavy atom. The van der Waals surface area contributed by atoms with Gasteiger partial charge in [-0.05, 0) is 31.2 Å². The maximum absolute atomic E-state index is 12.8. The van der Waals surface area contributed by atoms with Gasteiger partial charge in [-0.1, -0.05) is 51.8 Å². The molecule has 0 aromatic heterocycles. The maximum Gasteiger partial charge on any atom is 0.261 e. The monoisotopic (exact) mass is 399 g/mol. The highest BCUT2D eigenvalue weighted by atomic mass is 79.9. The highest BCUT2D eigenvalue weighted by molar-refractivity contribution is 9.10. The van der Waals surface area contributed by atoms with Gasteiger partial charge in [0.05, 0.1) is 0 Å². The first-order chi connectivity index (χ1) is 12.1. The molecule has 4 rings (SSSR count). The summed E-state index contributed by atoms with van der Waals surface area (Å²) in [5.41, 5.74) is 1.79. The van der Waals surface area contributed by atoms with Crippen LogP contribution in [0.25, 0.3) is 0 Å². The van der Waals surface area contributed by atoms with Gasteiger partial charge in [0.2, 0.25) is 0 Å². The molecule has 0 saturated heterocycles. The van der Waals surface area contributed by atoms with E-state index >= 15 is 0 Å². The fraction of sp³-hybridized carbons (Fsp3) is 0.250. The zero-order chi connectivity index (χ0) is 17.4. The van der Waals surface area contributed by atoms with Gasteiger partial charge in [0.25, 0.3) is 5.91 Å². The molecule has 0 saturated carbocycles. The Balaban J connectivity index is 1.63. The van der Waals surface area contributed by atoms with Crippen molar-refractivity contribution in [2.24, 2.45) is 0 Å². The number of nitrogens with one attached hydrogen (secondary N) is 1. The molecule has 2 aromatic carbocycles. The summed E-state index contributed by atoms with van der Waals surface area (Å²) in [7, 11) is 0. The normalized spacial score (nSPS) is 24.6. The molecule has 2 atom stereocenters. The number of carbonyl (C=O) groups is 1. The average Bonchev–Trinajstić information content (AvgIpc) is 2.86. The van der Waals surface area contributed by atoms with Crippen LogP contribution in [0.5, 0.6) is 5.75 Å². The number of hydrogen-bond donors (Lipinski definition) is 1. The van der Waals surface area contributed by atoms with Crippen molar-refractivity contribution < 1.29 is 14.3 Å². The zero-order valence-electron chi connectivity index (χ0n) is 13.8.